The molecular weight excluding hydrogens is 322 g/mol. The number of anilines is 3. The normalized spacial score (nSPS) is 15.9. The molecule has 1 atom stereocenters. The molecule has 0 bridgehead atoms. The predicted octanol–water partition coefficient (Wildman–Crippen LogP) is 2.83. The fourth-order valence-electron chi connectivity index (χ4n) is 2.58. The van der Waals surface area contributed by atoms with Crippen molar-refractivity contribution in [1.29, 1.82) is 0 Å². The zero-order valence-corrected chi connectivity index (χ0v) is 14.6. The van der Waals surface area contributed by atoms with E-state index in [2.05, 4.69) is 53.4 Å². The number of fused-ring (bicyclic) bond motifs is 1. The lowest BCUT2D eigenvalue weighted by molar-refractivity contribution is -0.108. The molecule has 0 saturated carbocycles. The third-order valence-electron chi connectivity index (χ3n) is 3.84. The number of hydrogen-bond donors (Lipinski definition) is 2. The number of carbonyl (C=O) groups is 1. The molecule has 3 N–H and O–H groups in total. The highest BCUT2D eigenvalue weighted by Gasteiger charge is 2.32. The van der Waals surface area contributed by atoms with Crippen molar-refractivity contribution in [2.24, 2.45) is 0 Å². The van der Waals surface area contributed by atoms with Gasteiger partial charge in [0.1, 0.15) is 5.69 Å². The van der Waals surface area contributed by atoms with Crippen LogP contribution >= 0.6 is 11.8 Å². The quantitative estimate of drug-likeness (QED) is 0.474. The van der Waals surface area contributed by atoms with E-state index >= 15 is 0 Å². The van der Waals surface area contributed by atoms with Gasteiger partial charge < -0.3 is 16.0 Å². The number of nitrogen functional groups attached to an aromatic ring is 1. The van der Waals surface area contributed by atoms with Gasteiger partial charge in [0.05, 0.1) is 0 Å². The molecule has 0 fully saturated rings. The molecule has 1 unspecified atom stereocenters. The van der Waals surface area contributed by atoms with Crippen molar-refractivity contribution < 1.29 is 4.79 Å². The molecule has 6 nitrogen and oxygen atoms in total. The monoisotopic (exact) mass is 343 g/mol. The summed E-state index contributed by atoms with van der Waals surface area (Å²) < 4.78 is 0. The summed E-state index contributed by atoms with van der Waals surface area (Å²) in [6.07, 6.45) is 1.42. The van der Waals surface area contributed by atoms with E-state index < -0.39 is 6.17 Å². The zero-order chi connectivity index (χ0) is 17.1. The molecule has 1 aliphatic heterocycles. The first kappa shape index (κ1) is 16.6. The van der Waals surface area contributed by atoms with Gasteiger partial charge in [-0.25, -0.2) is 9.97 Å². The van der Waals surface area contributed by atoms with Crippen LogP contribution in [0.4, 0.5) is 17.3 Å². The second-order valence-corrected chi connectivity index (χ2v) is 6.84. The molecule has 3 rings (SSSR count). The molecule has 0 aliphatic carbocycles. The molecule has 2 aromatic rings. The fourth-order valence-corrected chi connectivity index (χ4v) is 3.28. The molecule has 0 saturated heterocycles. The highest BCUT2D eigenvalue weighted by molar-refractivity contribution is 7.99. The molecule has 0 radical (unpaired) electrons. The number of aldehydes is 1. The molecule has 2 heterocycles. The lowest BCUT2D eigenvalue weighted by Gasteiger charge is -2.22. The summed E-state index contributed by atoms with van der Waals surface area (Å²) in [5.41, 5.74) is 9.02. The Bertz CT molecular complexity index is 735. The summed E-state index contributed by atoms with van der Waals surface area (Å²) in [5, 5.41) is 3.76. The second kappa shape index (κ2) is 7.09. The minimum absolute atomic E-state index is 0.386. The molecule has 1 aliphatic rings. The summed E-state index contributed by atoms with van der Waals surface area (Å²) in [6, 6.07) is 8.25. The van der Waals surface area contributed by atoms with Crippen LogP contribution in [-0.4, -0.2) is 28.2 Å². The minimum Gasteiger partial charge on any atom is -0.382 e. The van der Waals surface area contributed by atoms with Crippen LogP contribution in [0.5, 0.6) is 0 Å². The van der Waals surface area contributed by atoms with Crippen LogP contribution in [-0.2, 0) is 11.3 Å². The summed E-state index contributed by atoms with van der Waals surface area (Å²) in [7, 11) is 0. The average Bonchev–Trinajstić information content (AvgIpc) is 2.93. The van der Waals surface area contributed by atoms with Crippen molar-refractivity contribution in [1.82, 2.24) is 9.97 Å². The van der Waals surface area contributed by atoms with E-state index in [0.29, 0.717) is 29.0 Å². The average molecular weight is 343 g/mol. The van der Waals surface area contributed by atoms with Gasteiger partial charge in [-0.05, 0) is 18.9 Å². The van der Waals surface area contributed by atoms with Gasteiger partial charge in [0.25, 0.3) is 0 Å². The van der Waals surface area contributed by atoms with Crippen LogP contribution in [0.15, 0.2) is 29.4 Å². The Hall–Kier alpha value is -2.28. The Morgan fingerprint density at radius 1 is 1.33 bits per heavy atom. The van der Waals surface area contributed by atoms with Gasteiger partial charge in [0, 0.05) is 12.3 Å². The topological polar surface area (TPSA) is 84.1 Å². The second-order valence-electron chi connectivity index (χ2n) is 5.78. The van der Waals surface area contributed by atoms with Gasteiger partial charge in [-0.15, -0.1) is 0 Å². The number of benzene rings is 1. The maximum Gasteiger partial charge on any atom is 0.191 e. The van der Waals surface area contributed by atoms with Crippen molar-refractivity contribution in [3.05, 3.63) is 35.4 Å². The smallest absolute Gasteiger partial charge is 0.191 e. The Labute approximate surface area is 145 Å². The lowest BCUT2D eigenvalue weighted by Crippen LogP contribution is -2.36. The number of nitrogens with zero attached hydrogens (tertiary/aromatic N) is 3. The SMILES string of the molecule is CCCSc1nc(N)c2c(n1)N(Cc1ccc(C)cc1)C(C=O)N2. The molecule has 126 valence electrons. The van der Waals surface area contributed by atoms with Crippen LogP contribution in [0.2, 0.25) is 0 Å². The molecule has 24 heavy (non-hydrogen) atoms. The first-order chi connectivity index (χ1) is 11.6. The number of thioether (sulfide) groups is 1. The van der Waals surface area contributed by atoms with Crippen molar-refractivity contribution in [2.75, 3.05) is 21.7 Å². The number of rotatable bonds is 6. The number of hydrogen-bond acceptors (Lipinski definition) is 7. The van der Waals surface area contributed by atoms with E-state index in [1.807, 2.05) is 4.90 Å². The number of nitrogens with two attached hydrogens (primary N) is 1. The van der Waals surface area contributed by atoms with Gasteiger partial charge in [0.15, 0.2) is 29.2 Å². The van der Waals surface area contributed by atoms with Crippen molar-refractivity contribution in [2.45, 2.75) is 38.1 Å². The molecule has 7 heteroatoms. The van der Waals surface area contributed by atoms with Gasteiger partial charge >= 0.3 is 0 Å². The third kappa shape index (κ3) is 3.31. The van der Waals surface area contributed by atoms with E-state index in [1.54, 1.807) is 11.8 Å². The van der Waals surface area contributed by atoms with Gasteiger partial charge in [-0.2, -0.15) is 0 Å². The largest absolute Gasteiger partial charge is 0.382 e. The molecule has 1 aromatic heterocycles. The van der Waals surface area contributed by atoms with Crippen LogP contribution < -0.4 is 16.0 Å². The lowest BCUT2D eigenvalue weighted by atomic mass is 10.1. The Kier molecular flexibility index (Phi) is 4.89. The first-order valence-corrected chi connectivity index (χ1v) is 8.95. The maximum absolute atomic E-state index is 11.5. The minimum atomic E-state index is -0.482. The molecule has 1 aromatic carbocycles. The number of carbonyl (C=O) groups excluding carboxylic acids is 1. The fraction of sp³-hybridized carbons (Fsp3) is 0.353. The Morgan fingerprint density at radius 2 is 2.08 bits per heavy atom. The summed E-state index contributed by atoms with van der Waals surface area (Å²) >= 11 is 1.57. The van der Waals surface area contributed by atoms with Crippen molar-refractivity contribution in [3.8, 4) is 0 Å². The molecule has 0 spiro atoms. The van der Waals surface area contributed by atoms with Crippen LogP contribution in [0.1, 0.15) is 24.5 Å². The zero-order valence-electron chi connectivity index (χ0n) is 13.8. The molecular formula is C17H21N5OS. The van der Waals surface area contributed by atoms with Crippen LogP contribution in [0.25, 0.3) is 0 Å². The van der Waals surface area contributed by atoms with Crippen LogP contribution in [0.3, 0.4) is 0 Å². The summed E-state index contributed by atoms with van der Waals surface area (Å²) in [5.74, 6) is 2.01. The number of aryl methyl sites for hydroxylation is 1. The van der Waals surface area contributed by atoms with E-state index in [9.17, 15) is 4.79 Å². The maximum atomic E-state index is 11.5. The Balaban J connectivity index is 1.92. The van der Waals surface area contributed by atoms with Crippen LogP contribution in [0, 0.1) is 6.92 Å². The van der Waals surface area contributed by atoms with E-state index in [-0.39, 0.29) is 0 Å². The van der Waals surface area contributed by atoms with Gasteiger partial charge in [-0.3, -0.25) is 4.79 Å². The summed E-state index contributed by atoms with van der Waals surface area (Å²) in [6.45, 7) is 4.74. The van der Waals surface area contributed by atoms with Gasteiger partial charge in [0.2, 0.25) is 0 Å². The number of aromatic nitrogens is 2. The van der Waals surface area contributed by atoms with Gasteiger partial charge in [-0.1, -0.05) is 48.5 Å². The third-order valence-corrected chi connectivity index (χ3v) is 4.89. The van der Waals surface area contributed by atoms with E-state index in [4.69, 9.17) is 5.73 Å². The Morgan fingerprint density at radius 3 is 2.75 bits per heavy atom. The first-order valence-electron chi connectivity index (χ1n) is 7.96. The summed E-state index contributed by atoms with van der Waals surface area (Å²) in [4.78, 5) is 22.4. The predicted molar refractivity (Wildman–Crippen MR) is 98.3 cm³/mol. The number of nitrogens with one attached hydrogen (secondary N) is 1. The van der Waals surface area contributed by atoms with Crippen molar-refractivity contribution in [3.63, 3.8) is 0 Å². The van der Waals surface area contributed by atoms with Crippen molar-refractivity contribution >= 4 is 35.4 Å². The highest BCUT2D eigenvalue weighted by Crippen LogP contribution is 2.38. The molecule has 0 amide bonds. The van der Waals surface area contributed by atoms with E-state index in [1.165, 1.54) is 5.56 Å². The standard InChI is InChI=1S/C17H21N5OS/c1-3-8-24-17-20-15(18)14-16(21-17)22(13(10-23)19-14)9-12-6-4-11(2)5-7-12/h4-7,10,13,19H,3,8-9H2,1-2H3,(H2,18,20,21). The van der Waals surface area contributed by atoms with E-state index in [0.717, 1.165) is 24.0 Å². The highest BCUT2D eigenvalue weighted by atomic mass is 32.2.